The second kappa shape index (κ2) is 4.15. The van der Waals surface area contributed by atoms with Crippen molar-refractivity contribution in [1.29, 1.82) is 0 Å². The van der Waals surface area contributed by atoms with Gasteiger partial charge in [-0.2, -0.15) is 0 Å². The molecule has 0 fully saturated rings. The lowest BCUT2D eigenvalue weighted by Gasteiger charge is -1.98. The minimum atomic E-state index is 0.670. The zero-order chi connectivity index (χ0) is 10.8. The van der Waals surface area contributed by atoms with E-state index in [2.05, 4.69) is 19.9 Å². The van der Waals surface area contributed by atoms with Gasteiger partial charge in [0.15, 0.2) is 9.99 Å². The van der Waals surface area contributed by atoms with E-state index < -0.39 is 0 Å². The maximum absolute atomic E-state index is 4.41. The standard InChI is InChI=1S/C10H6N4S2/c1-2-8(16-10-13-5-6-15-10)14-9-7(1)11-3-4-12-9/h1-6H. The molecule has 0 radical (unpaired) electrons. The maximum Gasteiger partial charge on any atom is 0.179 e. The molecule has 6 heteroatoms. The summed E-state index contributed by atoms with van der Waals surface area (Å²) in [5.41, 5.74) is 1.48. The molecule has 3 rings (SSSR count). The average molecular weight is 246 g/mol. The summed E-state index contributed by atoms with van der Waals surface area (Å²) < 4.78 is 0.982. The van der Waals surface area contributed by atoms with E-state index in [1.54, 1.807) is 29.9 Å². The smallest absolute Gasteiger partial charge is 0.179 e. The number of rotatable bonds is 2. The van der Waals surface area contributed by atoms with Crippen molar-refractivity contribution < 1.29 is 0 Å². The Kier molecular flexibility index (Phi) is 2.51. The van der Waals surface area contributed by atoms with E-state index >= 15 is 0 Å². The van der Waals surface area contributed by atoms with Crippen LogP contribution in [0.2, 0.25) is 0 Å². The number of pyridine rings is 1. The fourth-order valence-corrected chi connectivity index (χ4v) is 2.78. The van der Waals surface area contributed by atoms with Crippen molar-refractivity contribution in [2.75, 3.05) is 0 Å². The van der Waals surface area contributed by atoms with Crippen molar-refractivity contribution in [2.24, 2.45) is 0 Å². The number of thiazole rings is 1. The van der Waals surface area contributed by atoms with Crippen LogP contribution in [0.25, 0.3) is 11.2 Å². The number of nitrogens with zero attached hydrogens (tertiary/aromatic N) is 4. The normalized spacial score (nSPS) is 10.8. The van der Waals surface area contributed by atoms with E-state index in [1.807, 2.05) is 17.5 Å². The first-order chi connectivity index (χ1) is 7.92. The predicted molar refractivity (Wildman–Crippen MR) is 63.6 cm³/mol. The van der Waals surface area contributed by atoms with Gasteiger partial charge < -0.3 is 0 Å². The fraction of sp³-hybridized carbons (Fsp3) is 0. The Labute approximate surface area is 99.8 Å². The van der Waals surface area contributed by atoms with E-state index in [0.717, 1.165) is 14.9 Å². The second-order valence-corrected chi connectivity index (χ2v) is 5.11. The van der Waals surface area contributed by atoms with Crippen molar-refractivity contribution in [3.05, 3.63) is 36.1 Å². The second-order valence-electron chi connectivity index (χ2n) is 2.95. The molecule has 16 heavy (non-hydrogen) atoms. The molecule has 0 amide bonds. The molecular formula is C10H6N4S2. The van der Waals surface area contributed by atoms with Gasteiger partial charge in [0.2, 0.25) is 0 Å². The Bertz CT molecular complexity index is 609. The molecule has 0 saturated heterocycles. The number of hydrogen-bond acceptors (Lipinski definition) is 6. The first kappa shape index (κ1) is 9.68. The predicted octanol–water partition coefficient (Wildman–Crippen LogP) is 2.63. The molecule has 0 spiro atoms. The monoisotopic (exact) mass is 246 g/mol. The minimum Gasteiger partial charge on any atom is -0.251 e. The maximum atomic E-state index is 4.41. The lowest BCUT2D eigenvalue weighted by molar-refractivity contribution is 1.12. The molecule has 0 saturated carbocycles. The summed E-state index contributed by atoms with van der Waals surface area (Å²) in [6, 6.07) is 3.86. The fourth-order valence-electron chi connectivity index (χ4n) is 1.24. The molecule has 0 N–H and O–H groups in total. The highest BCUT2D eigenvalue weighted by molar-refractivity contribution is 8.01. The van der Waals surface area contributed by atoms with Gasteiger partial charge in [-0.1, -0.05) is 0 Å². The summed E-state index contributed by atoms with van der Waals surface area (Å²) in [5.74, 6) is 0. The van der Waals surface area contributed by atoms with E-state index in [4.69, 9.17) is 0 Å². The van der Waals surface area contributed by atoms with Crippen LogP contribution in [0, 0.1) is 0 Å². The summed E-state index contributed by atoms with van der Waals surface area (Å²) in [5, 5.41) is 2.84. The minimum absolute atomic E-state index is 0.670. The third kappa shape index (κ3) is 1.89. The van der Waals surface area contributed by atoms with E-state index in [0.29, 0.717) is 5.65 Å². The van der Waals surface area contributed by atoms with Gasteiger partial charge in [-0.25, -0.2) is 15.0 Å². The van der Waals surface area contributed by atoms with Gasteiger partial charge >= 0.3 is 0 Å². The third-order valence-corrected chi connectivity index (χ3v) is 3.73. The Hall–Kier alpha value is -1.53. The molecule has 4 nitrogen and oxygen atoms in total. The molecule has 0 unspecified atom stereocenters. The highest BCUT2D eigenvalue weighted by Gasteiger charge is 2.03. The lowest BCUT2D eigenvalue weighted by Crippen LogP contribution is -1.87. The Morgan fingerprint density at radius 2 is 1.94 bits per heavy atom. The van der Waals surface area contributed by atoms with Gasteiger partial charge in [0.05, 0.1) is 0 Å². The van der Waals surface area contributed by atoms with Crippen LogP contribution < -0.4 is 0 Å². The Balaban J connectivity index is 1.99. The summed E-state index contributed by atoms with van der Waals surface area (Å²) in [6.07, 6.45) is 5.10. The number of aromatic nitrogens is 4. The van der Waals surface area contributed by atoms with Gasteiger partial charge in [-0.05, 0) is 23.9 Å². The average Bonchev–Trinajstić information content (AvgIpc) is 2.82. The third-order valence-electron chi connectivity index (χ3n) is 1.91. The molecule has 3 aromatic rings. The van der Waals surface area contributed by atoms with Crippen LogP contribution in [0.4, 0.5) is 0 Å². The van der Waals surface area contributed by atoms with Crippen LogP contribution in [-0.4, -0.2) is 19.9 Å². The zero-order valence-corrected chi connectivity index (χ0v) is 9.70. The number of fused-ring (bicyclic) bond motifs is 1. The molecule has 3 aromatic heterocycles. The first-order valence-corrected chi connectivity index (χ1v) is 6.26. The highest BCUT2D eigenvalue weighted by Crippen LogP contribution is 2.28. The van der Waals surface area contributed by atoms with Crippen LogP contribution in [0.3, 0.4) is 0 Å². The van der Waals surface area contributed by atoms with E-state index in [-0.39, 0.29) is 0 Å². The lowest BCUT2D eigenvalue weighted by atomic mass is 10.4. The van der Waals surface area contributed by atoms with Crippen molar-refractivity contribution in [1.82, 2.24) is 19.9 Å². The van der Waals surface area contributed by atoms with Gasteiger partial charge in [0.25, 0.3) is 0 Å². The summed E-state index contributed by atoms with van der Waals surface area (Å²) in [4.78, 5) is 16.9. The SMILES string of the molecule is c1csc(Sc2ccc3nccnc3n2)n1. The molecule has 78 valence electrons. The summed E-state index contributed by atoms with van der Waals surface area (Å²) in [6.45, 7) is 0. The topological polar surface area (TPSA) is 51.6 Å². The van der Waals surface area contributed by atoms with E-state index in [9.17, 15) is 0 Å². The van der Waals surface area contributed by atoms with Crippen LogP contribution in [0.1, 0.15) is 0 Å². The van der Waals surface area contributed by atoms with Crippen LogP contribution in [0.15, 0.2) is 45.5 Å². The van der Waals surface area contributed by atoms with Crippen molar-refractivity contribution in [3.63, 3.8) is 0 Å². The van der Waals surface area contributed by atoms with Gasteiger partial charge in [0, 0.05) is 24.0 Å². The van der Waals surface area contributed by atoms with Crippen LogP contribution >= 0.6 is 23.1 Å². The molecule has 0 aliphatic rings. The highest BCUT2D eigenvalue weighted by atomic mass is 32.2. The zero-order valence-electron chi connectivity index (χ0n) is 8.07. The van der Waals surface area contributed by atoms with Crippen molar-refractivity contribution >= 4 is 34.3 Å². The molecule has 3 heterocycles. The largest absolute Gasteiger partial charge is 0.251 e. The van der Waals surface area contributed by atoms with Crippen LogP contribution in [-0.2, 0) is 0 Å². The Morgan fingerprint density at radius 1 is 1.00 bits per heavy atom. The summed E-state index contributed by atoms with van der Waals surface area (Å²) in [7, 11) is 0. The first-order valence-electron chi connectivity index (χ1n) is 4.57. The van der Waals surface area contributed by atoms with Gasteiger partial charge in [0.1, 0.15) is 10.5 Å². The number of hydrogen-bond donors (Lipinski definition) is 0. The molecule has 0 aliphatic carbocycles. The van der Waals surface area contributed by atoms with Crippen LogP contribution in [0.5, 0.6) is 0 Å². The molecule has 0 aliphatic heterocycles. The molecule has 0 aromatic carbocycles. The van der Waals surface area contributed by atoms with E-state index in [1.165, 1.54) is 11.8 Å². The molecule has 0 atom stereocenters. The Morgan fingerprint density at radius 3 is 2.81 bits per heavy atom. The molecule has 0 bridgehead atoms. The van der Waals surface area contributed by atoms with Crippen molar-refractivity contribution in [2.45, 2.75) is 9.37 Å². The quantitative estimate of drug-likeness (QED) is 0.695. The van der Waals surface area contributed by atoms with Gasteiger partial charge in [-0.15, -0.1) is 11.3 Å². The van der Waals surface area contributed by atoms with Gasteiger partial charge in [-0.3, -0.25) is 4.98 Å². The van der Waals surface area contributed by atoms with Crippen molar-refractivity contribution in [3.8, 4) is 0 Å². The summed E-state index contributed by atoms with van der Waals surface area (Å²) >= 11 is 3.14. The molecular weight excluding hydrogens is 240 g/mol.